The Morgan fingerprint density at radius 1 is 1.24 bits per heavy atom. The second-order valence-corrected chi connectivity index (χ2v) is 4.13. The highest BCUT2D eigenvalue weighted by molar-refractivity contribution is 5.94. The van der Waals surface area contributed by atoms with Gasteiger partial charge < -0.3 is 4.74 Å². The van der Waals surface area contributed by atoms with Crippen molar-refractivity contribution >= 4 is 11.8 Å². The zero-order chi connectivity index (χ0) is 12.3. The topological polar surface area (TPSA) is 43.4 Å². The summed E-state index contributed by atoms with van der Waals surface area (Å²) in [5.41, 5.74) is 1.42. The predicted octanol–water partition coefficient (Wildman–Crippen LogP) is 2.79. The van der Waals surface area contributed by atoms with E-state index in [1.165, 1.54) is 6.08 Å². The standard InChI is InChI=1S/C14H14O3/c1-10-5-2-3-8-13(10)14(16)17-12-7-4-6-11(15)9-12/h2-3,5,8-9H,4,6-7H2,1H3. The minimum absolute atomic E-state index is 0.0313. The van der Waals surface area contributed by atoms with Gasteiger partial charge in [0.1, 0.15) is 5.76 Å². The summed E-state index contributed by atoms with van der Waals surface area (Å²) in [6, 6.07) is 7.25. The number of esters is 1. The van der Waals surface area contributed by atoms with Crippen LogP contribution in [0.2, 0.25) is 0 Å². The van der Waals surface area contributed by atoms with Crippen molar-refractivity contribution in [3.63, 3.8) is 0 Å². The van der Waals surface area contributed by atoms with Gasteiger partial charge in [-0.05, 0) is 25.0 Å². The number of allylic oxidation sites excluding steroid dienone is 2. The molecule has 1 aliphatic carbocycles. The van der Waals surface area contributed by atoms with Crippen LogP contribution in [0.15, 0.2) is 36.1 Å². The SMILES string of the molecule is Cc1ccccc1C(=O)OC1=CC(=O)CCC1. The number of carbonyl (C=O) groups is 2. The maximum Gasteiger partial charge on any atom is 0.343 e. The molecular formula is C14H14O3. The van der Waals surface area contributed by atoms with Crippen molar-refractivity contribution in [1.82, 2.24) is 0 Å². The molecule has 0 atom stereocenters. The fourth-order valence-corrected chi connectivity index (χ4v) is 1.82. The number of hydrogen-bond acceptors (Lipinski definition) is 3. The molecule has 1 aromatic carbocycles. The highest BCUT2D eigenvalue weighted by Crippen LogP contribution is 2.18. The molecule has 17 heavy (non-hydrogen) atoms. The zero-order valence-electron chi connectivity index (χ0n) is 9.73. The minimum atomic E-state index is -0.385. The fraction of sp³-hybridized carbons (Fsp3) is 0.286. The number of rotatable bonds is 2. The molecule has 1 aliphatic rings. The minimum Gasteiger partial charge on any atom is -0.427 e. The third-order valence-electron chi connectivity index (χ3n) is 2.76. The van der Waals surface area contributed by atoms with Crippen molar-refractivity contribution in [2.24, 2.45) is 0 Å². The van der Waals surface area contributed by atoms with Crippen LogP contribution in [0.4, 0.5) is 0 Å². The van der Waals surface area contributed by atoms with Crippen molar-refractivity contribution in [2.75, 3.05) is 0 Å². The Labute approximate surface area is 100 Å². The lowest BCUT2D eigenvalue weighted by Gasteiger charge is -2.12. The second-order valence-electron chi connectivity index (χ2n) is 4.13. The van der Waals surface area contributed by atoms with E-state index in [4.69, 9.17) is 4.74 Å². The lowest BCUT2D eigenvalue weighted by molar-refractivity contribution is -0.115. The summed E-state index contributed by atoms with van der Waals surface area (Å²) in [5, 5.41) is 0. The summed E-state index contributed by atoms with van der Waals surface area (Å²) in [5.74, 6) is 0.127. The Balaban J connectivity index is 2.12. The van der Waals surface area contributed by atoms with Gasteiger partial charge in [0, 0.05) is 18.9 Å². The normalized spacial score (nSPS) is 15.4. The van der Waals surface area contributed by atoms with Crippen LogP contribution in [0.5, 0.6) is 0 Å². The molecule has 0 unspecified atom stereocenters. The summed E-state index contributed by atoms with van der Waals surface area (Å²) in [6.45, 7) is 1.86. The van der Waals surface area contributed by atoms with E-state index in [0.717, 1.165) is 12.0 Å². The van der Waals surface area contributed by atoms with E-state index < -0.39 is 0 Å². The van der Waals surface area contributed by atoms with Crippen molar-refractivity contribution in [3.05, 3.63) is 47.2 Å². The van der Waals surface area contributed by atoms with Gasteiger partial charge in [-0.15, -0.1) is 0 Å². The molecule has 0 bridgehead atoms. The summed E-state index contributed by atoms with van der Waals surface area (Å²) in [6.07, 6.45) is 3.39. The Bertz CT molecular complexity index is 486. The molecule has 3 heteroatoms. The first-order valence-corrected chi connectivity index (χ1v) is 5.68. The van der Waals surface area contributed by atoms with Gasteiger partial charge in [0.25, 0.3) is 0 Å². The number of carbonyl (C=O) groups excluding carboxylic acids is 2. The first-order valence-electron chi connectivity index (χ1n) is 5.68. The third kappa shape index (κ3) is 2.81. The second kappa shape index (κ2) is 4.95. The lowest BCUT2D eigenvalue weighted by Crippen LogP contribution is -2.11. The van der Waals surface area contributed by atoms with Gasteiger partial charge in [-0.3, -0.25) is 4.79 Å². The van der Waals surface area contributed by atoms with Gasteiger partial charge in [0.05, 0.1) is 5.56 Å². The van der Waals surface area contributed by atoms with E-state index in [1.807, 2.05) is 19.1 Å². The van der Waals surface area contributed by atoms with Crippen molar-refractivity contribution in [1.29, 1.82) is 0 Å². The van der Waals surface area contributed by atoms with E-state index in [9.17, 15) is 9.59 Å². The molecule has 0 aromatic heterocycles. The van der Waals surface area contributed by atoms with Gasteiger partial charge >= 0.3 is 5.97 Å². The van der Waals surface area contributed by atoms with Crippen LogP contribution in [0, 0.1) is 6.92 Å². The molecule has 0 heterocycles. The number of aryl methyl sites for hydroxylation is 1. The molecule has 0 saturated heterocycles. The Morgan fingerprint density at radius 3 is 2.71 bits per heavy atom. The third-order valence-corrected chi connectivity index (χ3v) is 2.76. The molecule has 0 saturated carbocycles. The highest BCUT2D eigenvalue weighted by atomic mass is 16.5. The molecule has 1 aromatic rings. The maximum absolute atomic E-state index is 11.9. The van der Waals surface area contributed by atoms with Gasteiger partial charge in [0.2, 0.25) is 0 Å². The quantitative estimate of drug-likeness (QED) is 0.734. The Kier molecular flexibility index (Phi) is 3.38. The van der Waals surface area contributed by atoms with Crippen LogP contribution in [0.1, 0.15) is 35.2 Å². The van der Waals surface area contributed by atoms with Gasteiger partial charge in [-0.2, -0.15) is 0 Å². The van der Waals surface area contributed by atoms with E-state index in [1.54, 1.807) is 12.1 Å². The lowest BCUT2D eigenvalue weighted by atomic mass is 10.0. The summed E-state index contributed by atoms with van der Waals surface area (Å²) < 4.78 is 5.23. The van der Waals surface area contributed by atoms with E-state index >= 15 is 0 Å². The van der Waals surface area contributed by atoms with Crippen molar-refractivity contribution in [2.45, 2.75) is 26.2 Å². The van der Waals surface area contributed by atoms with Crippen LogP contribution >= 0.6 is 0 Å². The smallest absolute Gasteiger partial charge is 0.343 e. The summed E-state index contributed by atoms with van der Waals surface area (Å²) in [4.78, 5) is 23.1. The molecule has 88 valence electrons. The molecule has 0 fully saturated rings. The van der Waals surface area contributed by atoms with Crippen LogP contribution in [0.25, 0.3) is 0 Å². The van der Waals surface area contributed by atoms with E-state index in [-0.39, 0.29) is 11.8 Å². The molecular weight excluding hydrogens is 216 g/mol. The monoisotopic (exact) mass is 230 g/mol. The molecule has 0 N–H and O–H groups in total. The Morgan fingerprint density at radius 2 is 2.00 bits per heavy atom. The van der Waals surface area contributed by atoms with Gasteiger partial charge in [0.15, 0.2) is 5.78 Å². The van der Waals surface area contributed by atoms with E-state index in [0.29, 0.717) is 24.2 Å². The molecule has 0 amide bonds. The van der Waals surface area contributed by atoms with Crippen LogP contribution in [-0.2, 0) is 9.53 Å². The number of hydrogen-bond donors (Lipinski definition) is 0. The van der Waals surface area contributed by atoms with Crippen molar-refractivity contribution < 1.29 is 14.3 Å². The molecule has 3 nitrogen and oxygen atoms in total. The predicted molar refractivity (Wildman–Crippen MR) is 63.5 cm³/mol. The van der Waals surface area contributed by atoms with Crippen molar-refractivity contribution in [3.8, 4) is 0 Å². The summed E-state index contributed by atoms with van der Waals surface area (Å²) in [7, 11) is 0. The average Bonchev–Trinajstić information content (AvgIpc) is 2.29. The highest BCUT2D eigenvalue weighted by Gasteiger charge is 2.16. The molecule has 0 aliphatic heterocycles. The molecule has 0 radical (unpaired) electrons. The molecule has 2 rings (SSSR count). The van der Waals surface area contributed by atoms with Gasteiger partial charge in [-0.25, -0.2) is 4.79 Å². The summed E-state index contributed by atoms with van der Waals surface area (Å²) >= 11 is 0. The number of ether oxygens (including phenoxy) is 1. The number of benzene rings is 1. The van der Waals surface area contributed by atoms with Crippen LogP contribution in [-0.4, -0.2) is 11.8 Å². The van der Waals surface area contributed by atoms with Crippen LogP contribution in [0.3, 0.4) is 0 Å². The zero-order valence-corrected chi connectivity index (χ0v) is 9.73. The average molecular weight is 230 g/mol. The number of ketones is 1. The van der Waals surface area contributed by atoms with Gasteiger partial charge in [-0.1, -0.05) is 18.2 Å². The first kappa shape index (κ1) is 11.6. The van der Waals surface area contributed by atoms with E-state index in [2.05, 4.69) is 0 Å². The largest absolute Gasteiger partial charge is 0.427 e. The first-order chi connectivity index (χ1) is 8.16. The molecule has 0 spiro atoms. The van der Waals surface area contributed by atoms with Crippen LogP contribution < -0.4 is 0 Å². The Hall–Kier alpha value is -1.90. The fourth-order valence-electron chi connectivity index (χ4n) is 1.82. The maximum atomic E-state index is 11.9.